The molecular formula is C18H17NO3. The van der Waals surface area contributed by atoms with Crippen LogP contribution in [0.3, 0.4) is 0 Å². The largest absolute Gasteiger partial charge is 0.497 e. The minimum Gasteiger partial charge on any atom is -0.497 e. The molecule has 0 spiro atoms. The zero-order valence-electron chi connectivity index (χ0n) is 12.8. The summed E-state index contributed by atoms with van der Waals surface area (Å²) >= 11 is 0. The highest BCUT2D eigenvalue weighted by atomic mass is 16.5. The van der Waals surface area contributed by atoms with Crippen molar-refractivity contribution < 1.29 is 13.9 Å². The van der Waals surface area contributed by atoms with Crippen LogP contribution >= 0.6 is 0 Å². The van der Waals surface area contributed by atoms with E-state index in [9.17, 15) is 4.79 Å². The van der Waals surface area contributed by atoms with Gasteiger partial charge >= 0.3 is 0 Å². The van der Waals surface area contributed by atoms with E-state index in [1.165, 1.54) is 0 Å². The lowest BCUT2D eigenvalue weighted by Crippen LogP contribution is -2.26. The van der Waals surface area contributed by atoms with Crippen molar-refractivity contribution in [3.63, 3.8) is 0 Å². The summed E-state index contributed by atoms with van der Waals surface area (Å²) in [7, 11) is 3.36. The first-order valence-corrected chi connectivity index (χ1v) is 7.02. The second-order valence-corrected chi connectivity index (χ2v) is 5.12. The molecule has 0 aliphatic carbocycles. The summed E-state index contributed by atoms with van der Waals surface area (Å²) < 4.78 is 11.0. The van der Waals surface area contributed by atoms with E-state index >= 15 is 0 Å². The summed E-state index contributed by atoms with van der Waals surface area (Å²) in [5.41, 5.74) is 2.33. The van der Waals surface area contributed by atoms with Crippen LogP contribution in [0, 0.1) is 6.92 Å². The molecule has 0 atom stereocenters. The third-order valence-electron chi connectivity index (χ3n) is 3.79. The quantitative estimate of drug-likeness (QED) is 0.732. The highest BCUT2D eigenvalue weighted by molar-refractivity contribution is 6.07. The van der Waals surface area contributed by atoms with Crippen LogP contribution in [-0.2, 0) is 0 Å². The molecule has 0 aliphatic rings. The first-order valence-electron chi connectivity index (χ1n) is 7.02. The van der Waals surface area contributed by atoms with E-state index in [1.54, 1.807) is 19.1 Å². The zero-order valence-corrected chi connectivity index (χ0v) is 12.8. The van der Waals surface area contributed by atoms with Gasteiger partial charge in [0.2, 0.25) is 0 Å². The van der Waals surface area contributed by atoms with Crippen molar-refractivity contribution in [2.75, 3.05) is 19.1 Å². The molecule has 0 saturated heterocycles. The van der Waals surface area contributed by atoms with Crippen LogP contribution in [0.25, 0.3) is 11.0 Å². The fourth-order valence-corrected chi connectivity index (χ4v) is 2.45. The molecule has 0 bridgehead atoms. The standard InChI is InChI=1S/C18H17NO3/c1-12-15-11-14(21-3)9-10-16(15)22-17(12)18(20)19(2)13-7-5-4-6-8-13/h4-11H,1-3H3. The molecular weight excluding hydrogens is 278 g/mol. The number of rotatable bonds is 3. The number of ether oxygens (including phenoxy) is 1. The Balaban J connectivity index is 2.02. The third kappa shape index (κ3) is 2.33. The van der Waals surface area contributed by atoms with Gasteiger partial charge in [0.15, 0.2) is 5.76 Å². The van der Waals surface area contributed by atoms with Gasteiger partial charge in [-0.1, -0.05) is 18.2 Å². The van der Waals surface area contributed by atoms with Gasteiger partial charge in [-0.3, -0.25) is 4.79 Å². The van der Waals surface area contributed by atoms with Crippen molar-refractivity contribution in [2.24, 2.45) is 0 Å². The van der Waals surface area contributed by atoms with Gasteiger partial charge in [0, 0.05) is 23.7 Å². The van der Waals surface area contributed by atoms with Gasteiger partial charge in [0.05, 0.1) is 7.11 Å². The number of hydrogen-bond donors (Lipinski definition) is 0. The van der Waals surface area contributed by atoms with E-state index in [0.717, 1.165) is 22.4 Å². The van der Waals surface area contributed by atoms with Crippen LogP contribution in [0.5, 0.6) is 5.75 Å². The van der Waals surface area contributed by atoms with E-state index in [4.69, 9.17) is 9.15 Å². The average Bonchev–Trinajstić information content (AvgIpc) is 2.90. The number of benzene rings is 2. The van der Waals surface area contributed by atoms with Gasteiger partial charge < -0.3 is 14.1 Å². The molecule has 3 rings (SSSR count). The Morgan fingerprint density at radius 2 is 1.86 bits per heavy atom. The van der Waals surface area contributed by atoms with Crippen LogP contribution in [-0.4, -0.2) is 20.1 Å². The molecule has 0 aliphatic heterocycles. The summed E-state index contributed by atoms with van der Waals surface area (Å²) in [5.74, 6) is 0.931. The number of anilines is 1. The normalized spacial score (nSPS) is 10.7. The molecule has 1 aromatic heterocycles. The number of para-hydroxylation sites is 1. The molecule has 0 unspecified atom stereocenters. The second-order valence-electron chi connectivity index (χ2n) is 5.12. The van der Waals surface area contributed by atoms with Crippen LogP contribution in [0.4, 0.5) is 5.69 Å². The van der Waals surface area contributed by atoms with Crippen molar-refractivity contribution >= 4 is 22.6 Å². The Kier molecular flexibility index (Phi) is 3.59. The lowest BCUT2D eigenvalue weighted by Gasteiger charge is -2.16. The number of carbonyl (C=O) groups excluding carboxylic acids is 1. The van der Waals surface area contributed by atoms with Crippen molar-refractivity contribution in [1.29, 1.82) is 0 Å². The number of hydrogen-bond acceptors (Lipinski definition) is 3. The Morgan fingerprint density at radius 3 is 2.55 bits per heavy atom. The number of aryl methyl sites for hydroxylation is 1. The molecule has 3 aromatic rings. The maximum absolute atomic E-state index is 12.7. The van der Waals surface area contributed by atoms with Crippen molar-refractivity contribution in [3.8, 4) is 5.75 Å². The minimum atomic E-state index is -0.168. The van der Waals surface area contributed by atoms with Crippen molar-refractivity contribution in [2.45, 2.75) is 6.92 Å². The number of fused-ring (bicyclic) bond motifs is 1. The molecule has 1 amide bonds. The highest BCUT2D eigenvalue weighted by Gasteiger charge is 2.22. The summed E-state index contributed by atoms with van der Waals surface area (Å²) in [6, 6.07) is 15.0. The van der Waals surface area contributed by atoms with E-state index < -0.39 is 0 Å². The van der Waals surface area contributed by atoms with Crippen LogP contribution < -0.4 is 9.64 Å². The Morgan fingerprint density at radius 1 is 1.14 bits per heavy atom. The second kappa shape index (κ2) is 5.56. The molecule has 22 heavy (non-hydrogen) atoms. The van der Waals surface area contributed by atoms with Crippen LogP contribution in [0.2, 0.25) is 0 Å². The van der Waals surface area contributed by atoms with Gasteiger partial charge in [0.25, 0.3) is 5.91 Å². The van der Waals surface area contributed by atoms with E-state index in [0.29, 0.717) is 11.3 Å². The maximum atomic E-state index is 12.7. The van der Waals surface area contributed by atoms with Crippen LogP contribution in [0.1, 0.15) is 16.1 Å². The predicted molar refractivity (Wildman–Crippen MR) is 86.7 cm³/mol. The Bertz CT molecular complexity index is 821. The van der Waals surface area contributed by atoms with E-state index in [-0.39, 0.29) is 5.91 Å². The summed E-state index contributed by atoms with van der Waals surface area (Å²) in [5, 5.41) is 0.893. The lowest BCUT2D eigenvalue weighted by atomic mass is 10.1. The first-order chi connectivity index (χ1) is 10.6. The van der Waals surface area contributed by atoms with Gasteiger partial charge in [-0.05, 0) is 37.3 Å². The smallest absolute Gasteiger partial charge is 0.294 e. The Labute approximate surface area is 128 Å². The molecule has 1 heterocycles. The topological polar surface area (TPSA) is 42.7 Å². The molecule has 0 saturated carbocycles. The van der Waals surface area contributed by atoms with Crippen molar-refractivity contribution in [3.05, 3.63) is 59.9 Å². The molecule has 112 valence electrons. The van der Waals surface area contributed by atoms with Crippen LogP contribution in [0.15, 0.2) is 52.9 Å². The van der Waals surface area contributed by atoms with Gasteiger partial charge in [-0.25, -0.2) is 0 Å². The minimum absolute atomic E-state index is 0.168. The fourth-order valence-electron chi connectivity index (χ4n) is 2.45. The summed E-state index contributed by atoms with van der Waals surface area (Å²) in [6.07, 6.45) is 0. The lowest BCUT2D eigenvalue weighted by molar-refractivity contribution is 0.0968. The zero-order chi connectivity index (χ0) is 15.7. The first kappa shape index (κ1) is 14.2. The molecule has 0 N–H and O–H groups in total. The molecule has 4 nitrogen and oxygen atoms in total. The maximum Gasteiger partial charge on any atom is 0.294 e. The molecule has 2 aromatic carbocycles. The third-order valence-corrected chi connectivity index (χ3v) is 3.79. The van der Waals surface area contributed by atoms with Crippen molar-refractivity contribution in [1.82, 2.24) is 0 Å². The van der Waals surface area contributed by atoms with E-state index in [1.807, 2.05) is 55.5 Å². The molecule has 0 fully saturated rings. The van der Waals surface area contributed by atoms with Gasteiger partial charge in [-0.15, -0.1) is 0 Å². The summed E-state index contributed by atoms with van der Waals surface area (Å²) in [6.45, 7) is 1.89. The van der Waals surface area contributed by atoms with Gasteiger partial charge in [-0.2, -0.15) is 0 Å². The predicted octanol–water partition coefficient (Wildman–Crippen LogP) is 4.03. The monoisotopic (exact) mass is 295 g/mol. The average molecular weight is 295 g/mol. The number of nitrogens with zero attached hydrogens (tertiary/aromatic N) is 1. The van der Waals surface area contributed by atoms with E-state index in [2.05, 4.69) is 0 Å². The number of furan rings is 1. The number of methoxy groups -OCH3 is 1. The van der Waals surface area contributed by atoms with Gasteiger partial charge in [0.1, 0.15) is 11.3 Å². The SMILES string of the molecule is COc1ccc2oc(C(=O)N(C)c3ccccc3)c(C)c2c1. The highest BCUT2D eigenvalue weighted by Crippen LogP contribution is 2.30. The number of carbonyl (C=O) groups is 1. The molecule has 4 heteroatoms. The fraction of sp³-hybridized carbons (Fsp3) is 0.167. The Hall–Kier alpha value is -2.75. The molecule has 0 radical (unpaired) electrons. The summed E-state index contributed by atoms with van der Waals surface area (Å²) in [4.78, 5) is 14.3. The number of amides is 1.